The maximum absolute atomic E-state index is 11.8. The smallest absolute Gasteiger partial charge is 0.250 e. The highest BCUT2D eigenvalue weighted by Gasteiger charge is 2.20. The third-order valence-corrected chi connectivity index (χ3v) is 3.33. The number of rotatable bonds is 4. The van der Waals surface area contributed by atoms with Gasteiger partial charge in [-0.05, 0) is 31.7 Å². The lowest BCUT2D eigenvalue weighted by atomic mass is 9.94. The molecular formula is C14H16N2O2. The molecule has 4 nitrogen and oxygen atoms in total. The van der Waals surface area contributed by atoms with Crippen LogP contribution in [0.15, 0.2) is 16.9 Å². The predicted octanol–water partition coefficient (Wildman–Crippen LogP) is 2.06. The number of ketones is 1. The van der Waals surface area contributed by atoms with Crippen LogP contribution in [0.4, 0.5) is 0 Å². The molecule has 0 saturated carbocycles. The fraction of sp³-hybridized carbons (Fsp3) is 0.500. The molecular weight excluding hydrogens is 228 g/mol. The van der Waals surface area contributed by atoms with Gasteiger partial charge in [0.2, 0.25) is 0 Å². The largest absolute Gasteiger partial charge is 0.312 e. The van der Waals surface area contributed by atoms with Crippen molar-refractivity contribution in [2.75, 3.05) is 0 Å². The van der Waals surface area contributed by atoms with Gasteiger partial charge in [-0.2, -0.15) is 5.26 Å². The van der Waals surface area contributed by atoms with E-state index in [0.29, 0.717) is 24.9 Å². The van der Waals surface area contributed by atoms with Crippen LogP contribution in [0, 0.1) is 11.3 Å². The zero-order chi connectivity index (χ0) is 13.0. The van der Waals surface area contributed by atoms with Crippen molar-refractivity contribution in [3.8, 4) is 6.07 Å². The summed E-state index contributed by atoms with van der Waals surface area (Å²) >= 11 is 0. The highest BCUT2D eigenvalue weighted by Crippen LogP contribution is 2.19. The van der Waals surface area contributed by atoms with Gasteiger partial charge in [0.25, 0.3) is 5.56 Å². The average molecular weight is 244 g/mol. The van der Waals surface area contributed by atoms with E-state index in [1.54, 1.807) is 10.6 Å². The number of Topliss-reactive ketones (excluding diaryl/α,β-unsaturated/α-hetero) is 1. The lowest BCUT2D eigenvalue weighted by Crippen LogP contribution is -2.27. The molecule has 0 aliphatic heterocycles. The number of unbranched alkanes of at least 4 members (excludes halogenated alkanes) is 2. The van der Waals surface area contributed by atoms with Gasteiger partial charge >= 0.3 is 0 Å². The van der Waals surface area contributed by atoms with Gasteiger partial charge in [-0.15, -0.1) is 0 Å². The van der Waals surface area contributed by atoms with Crippen LogP contribution in [0.1, 0.15) is 48.2 Å². The molecule has 0 unspecified atom stereocenters. The fourth-order valence-corrected chi connectivity index (χ4v) is 2.41. The van der Waals surface area contributed by atoms with E-state index < -0.39 is 0 Å². The molecule has 0 spiro atoms. The Morgan fingerprint density at radius 2 is 2.06 bits per heavy atom. The first-order valence-corrected chi connectivity index (χ1v) is 6.37. The Balaban J connectivity index is 2.24. The van der Waals surface area contributed by atoms with Crippen molar-refractivity contribution in [3.05, 3.63) is 33.7 Å². The van der Waals surface area contributed by atoms with Gasteiger partial charge in [0.15, 0.2) is 5.78 Å². The van der Waals surface area contributed by atoms with Crippen molar-refractivity contribution in [2.45, 2.75) is 45.1 Å². The van der Waals surface area contributed by atoms with Crippen LogP contribution in [0.5, 0.6) is 0 Å². The van der Waals surface area contributed by atoms with Crippen LogP contribution < -0.4 is 5.56 Å². The molecule has 1 aliphatic carbocycles. The van der Waals surface area contributed by atoms with Crippen LogP contribution in [-0.4, -0.2) is 10.4 Å². The number of carbonyl (C=O) groups is 1. The van der Waals surface area contributed by atoms with Gasteiger partial charge in [0.1, 0.15) is 0 Å². The molecule has 0 amide bonds. The molecule has 4 heteroatoms. The summed E-state index contributed by atoms with van der Waals surface area (Å²) in [6.07, 6.45) is 4.32. The zero-order valence-corrected chi connectivity index (χ0v) is 10.3. The summed E-state index contributed by atoms with van der Waals surface area (Å²) in [5.41, 5.74) is 1.55. The summed E-state index contributed by atoms with van der Waals surface area (Å²) in [6.45, 7) is 0.608. The van der Waals surface area contributed by atoms with E-state index in [4.69, 9.17) is 5.26 Å². The fourth-order valence-electron chi connectivity index (χ4n) is 2.41. The molecule has 94 valence electrons. The highest BCUT2D eigenvalue weighted by atomic mass is 16.1. The Hall–Kier alpha value is -1.89. The molecule has 0 radical (unpaired) electrons. The molecule has 1 heterocycles. The SMILES string of the molecule is N#CCCCCn1c2c(ccc1=O)C(=O)CCC2. The standard InChI is InChI=1S/C14H16N2O2/c15-9-2-1-3-10-16-12-5-4-6-13(17)11(12)7-8-14(16)18/h7-8H,1-6,10H2. The lowest BCUT2D eigenvalue weighted by Gasteiger charge is -2.19. The molecule has 1 aliphatic rings. The van der Waals surface area contributed by atoms with Crippen molar-refractivity contribution in [3.63, 3.8) is 0 Å². The minimum Gasteiger partial charge on any atom is -0.312 e. The molecule has 18 heavy (non-hydrogen) atoms. The topological polar surface area (TPSA) is 62.9 Å². The van der Waals surface area contributed by atoms with Crippen molar-refractivity contribution in [1.82, 2.24) is 4.57 Å². The molecule has 0 bridgehead atoms. The second-order valence-corrected chi connectivity index (χ2v) is 4.58. The monoisotopic (exact) mass is 244 g/mol. The van der Waals surface area contributed by atoms with E-state index >= 15 is 0 Å². The van der Waals surface area contributed by atoms with E-state index in [1.165, 1.54) is 6.07 Å². The first-order chi connectivity index (χ1) is 8.74. The number of fused-ring (bicyclic) bond motifs is 1. The van der Waals surface area contributed by atoms with Crippen LogP contribution in [-0.2, 0) is 13.0 Å². The third kappa shape index (κ3) is 2.51. The molecule has 1 aromatic rings. The van der Waals surface area contributed by atoms with Gasteiger partial charge < -0.3 is 4.57 Å². The first kappa shape index (κ1) is 12.6. The molecule has 0 atom stereocenters. The molecule has 0 aromatic carbocycles. The summed E-state index contributed by atoms with van der Waals surface area (Å²) in [5, 5.41) is 8.48. The van der Waals surface area contributed by atoms with Crippen molar-refractivity contribution >= 4 is 5.78 Å². The number of hydrogen-bond donors (Lipinski definition) is 0. The van der Waals surface area contributed by atoms with Crippen LogP contribution in [0.25, 0.3) is 0 Å². The third-order valence-electron chi connectivity index (χ3n) is 3.33. The Bertz CT molecular complexity index is 552. The quantitative estimate of drug-likeness (QED) is 0.761. The van der Waals surface area contributed by atoms with E-state index in [2.05, 4.69) is 6.07 Å². The molecule has 1 aromatic heterocycles. The van der Waals surface area contributed by atoms with Gasteiger partial charge in [-0.1, -0.05) is 0 Å². The van der Waals surface area contributed by atoms with E-state index in [9.17, 15) is 9.59 Å². The minimum atomic E-state index is -0.0413. The van der Waals surface area contributed by atoms with Crippen molar-refractivity contribution < 1.29 is 4.79 Å². The normalized spacial score (nSPS) is 14.1. The zero-order valence-electron chi connectivity index (χ0n) is 10.3. The van der Waals surface area contributed by atoms with Crippen LogP contribution >= 0.6 is 0 Å². The summed E-state index contributed by atoms with van der Waals surface area (Å²) in [6, 6.07) is 5.23. The number of nitriles is 1. The van der Waals surface area contributed by atoms with Gasteiger partial charge in [-0.3, -0.25) is 9.59 Å². The van der Waals surface area contributed by atoms with E-state index in [0.717, 1.165) is 31.4 Å². The van der Waals surface area contributed by atoms with E-state index in [-0.39, 0.29) is 11.3 Å². The number of carbonyl (C=O) groups excluding carboxylic acids is 1. The molecule has 0 fully saturated rings. The van der Waals surface area contributed by atoms with Gasteiger partial charge in [-0.25, -0.2) is 0 Å². The van der Waals surface area contributed by atoms with Crippen LogP contribution in [0.2, 0.25) is 0 Å². The summed E-state index contributed by atoms with van der Waals surface area (Å²) < 4.78 is 1.71. The van der Waals surface area contributed by atoms with Crippen molar-refractivity contribution in [2.24, 2.45) is 0 Å². The second-order valence-electron chi connectivity index (χ2n) is 4.58. The number of aromatic nitrogens is 1. The molecule has 0 saturated heterocycles. The highest BCUT2D eigenvalue weighted by molar-refractivity contribution is 5.97. The van der Waals surface area contributed by atoms with Gasteiger partial charge in [0, 0.05) is 36.7 Å². The van der Waals surface area contributed by atoms with E-state index in [1.807, 2.05) is 0 Å². The molecule has 0 N–H and O–H groups in total. The summed E-state index contributed by atoms with van der Waals surface area (Å²) in [4.78, 5) is 23.6. The van der Waals surface area contributed by atoms with Gasteiger partial charge in [0.05, 0.1) is 6.07 Å². The first-order valence-electron chi connectivity index (χ1n) is 6.37. The van der Waals surface area contributed by atoms with Crippen molar-refractivity contribution in [1.29, 1.82) is 5.26 Å². The average Bonchev–Trinajstić information content (AvgIpc) is 2.37. The Labute approximate surface area is 106 Å². The number of pyridine rings is 1. The summed E-state index contributed by atoms with van der Waals surface area (Å²) in [7, 11) is 0. The Morgan fingerprint density at radius 3 is 2.83 bits per heavy atom. The molecule has 2 rings (SSSR count). The minimum absolute atomic E-state index is 0.0413. The maximum Gasteiger partial charge on any atom is 0.250 e. The lowest BCUT2D eigenvalue weighted by molar-refractivity contribution is 0.0970. The maximum atomic E-state index is 11.8. The summed E-state index contributed by atoms with van der Waals surface area (Å²) in [5.74, 6) is 0.141. The second kappa shape index (κ2) is 5.63. The predicted molar refractivity (Wildman–Crippen MR) is 67.4 cm³/mol. The Kier molecular flexibility index (Phi) is 3.93. The number of nitrogens with zero attached hydrogens (tertiary/aromatic N) is 2. The van der Waals surface area contributed by atoms with Crippen LogP contribution in [0.3, 0.4) is 0 Å². The Morgan fingerprint density at radius 1 is 1.22 bits per heavy atom. The number of hydrogen-bond acceptors (Lipinski definition) is 3.